The van der Waals surface area contributed by atoms with Crippen LogP contribution in [0.1, 0.15) is 40.0 Å². The zero-order chi connectivity index (χ0) is 11.4. The quantitative estimate of drug-likeness (QED) is 0.472. The number of aliphatic hydroxyl groups is 1. The van der Waals surface area contributed by atoms with E-state index in [0.29, 0.717) is 6.42 Å². The lowest BCUT2D eigenvalue weighted by molar-refractivity contribution is 0.135. The summed E-state index contributed by atoms with van der Waals surface area (Å²) in [5.74, 6) is 11.4. The number of rotatable bonds is 0. The number of hydrogen-bond acceptors (Lipinski definition) is 1. The molecule has 0 aromatic heterocycles. The van der Waals surface area contributed by atoms with Gasteiger partial charge in [-0.25, -0.2) is 0 Å². The van der Waals surface area contributed by atoms with Gasteiger partial charge in [0.05, 0.1) is 0 Å². The Morgan fingerprint density at radius 2 is 2.00 bits per heavy atom. The van der Waals surface area contributed by atoms with Crippen molar-refractivity contribution in [1.29, 1.82) is 0 Å². The van der Waals surface area contributed by atoms with Crippen LogP contribution >= 0.6 is 0 Å². The number of allylic oxidation sites excluding steroid dienone is 1. The predicted molar refractivity (Wildman–Crippen MR) is 62.9 cm³/mol. The van der Waals surface area contributed by atoms with E-state index in [1.165, 1.54) is 0 Å². The molecule has 1 heteroatoms. The van der Waals surface area contributed by atoms with Gasteiger partial charge in [0.15, 0.2) is 0 Å². The molecule has 1 unspecified atom stereocenters. The van der Waals surface area contributed by atoms with E-state index in [1.54, 1.807) is 6.08 Å². The highest BCUT2D eigenvalue weighted by Gasteiger charge is 2.21. The first-order valence-electron chi connectivity index (χ1n) is 5.36. The van der Waals surface area contributed by atoms with Gasteiger partial charge in [-0.2, -0.15) is 0 Å². The monoisotopic (exact) mass is 202 g/mol. The molecule has 0 amide bonds. The highest BCUT2D eigenvalue weighted by atomic mass is 16.3. The van der Waals surface area contributed by atoms with Gasteiger partial charge in [-0.05, 0) is 63.9 Å². The maximum atomic E-state index is 9.97. The summed E-state index contributed by atoms with van der Waals surface area (Å²) >= 11 is 0. The molecule has 0 spiro atoms. The van der Waals surface area contributed by atoms with Crippen LogP contribution in [0, 0.1) is 29.1 Å². The molecule has 0 aliphatic heterocycles. The molecule has 0 saturated heterocycles. The van der Waals surface area contributed by atoms with Crippen LogP contribution in [-0.2, 0) is 0 Å². The molecule has 15 heavy (non-hydrogen) atoms. The Bertz CT molecular complexity index is 362. The molecule has 0 aromatic rings. The van der Waals surface area contributed by atoms with E-state index in [-0.39, 0.29) is 5.41 Å². The lowest BCUT2D eigenvalue weighted by atomic mass is 9.92. The summed E-state index contributed by atoms with van der Waals surface area (Å²) in [7, 11) is 0. The van der Waals surface area contributed by atoms with Crippen LogP contribution in [0.25, 0.3) is 0 Å². The van der Waals surface area contributed by atoms with Gasteiger partial charge in [-0.3, -0.25) is 0 Å². The minimum atomic E-state index is -0.940. The SMILES string of the molecule is CC(C)(C)C#CC#CC1(O)C=CCCC1. The summed E-state index contributed by atoms with van der Waals surface area (Å²) < 4.78 is 0. The lowest BCUT2D eigenvalue weighted by Crippen LogP contribution is -2.25. The molecule has 0 saturated carbocycles. The highest BCUT2D eigenvalue weighted by molar-refractivity contribution is 5.34. The van der Waals surface area contributed by atoms with Crippen LogP contribution in [0.3, 0.4) is 0 Å². The topological polar surface area (TPSA) is 20.2 Å². The molecule has 1 N–H and O–H groups in total. The summed E-state index contributed by atoms with van der Waals surface area (Å²) in [6.07, 6.45) is 6.51. The predicted octanol–water partition coefficient (Wildman–Crippen LogP) is 2.51. The van der Waals surface area contributed by atoms with E-state index in [4.69, 9.17) is 0 Å². The van der Waals surface area contributed by atoms with Crippen LogP contribution in [0.2, 0.25) is 0 Å². The van der Waals surface area contributed by atoms with Crippen molar-refractivity contribution >= 4 is 0 Å². The molecule has 0 radical (unpaired) electrons. The van der Waals surface area contributed by atoms with Gasteiger partial charge < -0.3 is 5.11 Å². The van der Waals surface area contributed by atoms with Gasteiger partial charge in [0, 0.05) is 5.41 Å². The number of hydrogen-bond donors (Lipinski definition) is 1. The second kappa shape index (κ2) is 4.56. The zero-order valence-corrected chi connectivity index (χ0v) is 9.72. The fourth-order valence-electron chi connectivity index (χ4n) is 1.31. The Labute approximate surface area is 92.6 Å². The van der Waals surface area contributed by atoms with E-state index in [0.717, 1.165) is 12.8 Å². The van der Waals surface area contributed by atoms with Crippen molar-refractivity contribution in [1.82, 2.24) is 0 Å². The first-order chi connectivity index (χ1) is 6.91. The third-order valence-electron chi connectivity index (χ3n) is 2.10. The molecule has 1 nitrogen and oxygen atoms in total. The molecule has 1 atom stereocenters. The molecule has 1 aliphatic carbocycles. The maximum absolute atomic E-state index is 9.97. The Morgan fingerprint density at radius 3 is 2.53 bits per heavy atom. The van der Waals surface area contributed by atoms with Gasteiger partial charge in [0.2, 0.25) is 0 Å². The van der Waals surface area contributed by atoms with E-state index < -0.39 is 5.60 Å². The molecule has 0 bridgehead atoms. The van der Waals surface area contributed by atoms with Crippen molar-refractivity contribution in [2.75, 3.05) is 0 Å². The summed E-state index contributed by atoms with van der Waals surface area (Å²) in [6.45, 7) is 6.12. The van der Waals surface area contributed by atoms with Crippen molar-refractivity contribution in [2.45, 2.75) is 45.6 Å². The summed E-state index contributed by atoms with van der Waals surface area (Å²) in [5.41, 5.74) is -0.968. The third-order valence-corrected chi connectivity index (χ3v) is 2.10. The molecular weight excluding hydrogens is 184 g/mol. The first kappa shape index (κ1) is 11.9. The highest BCUT2D eigenvalue weighted by Crippen LogP contribution is 2.20. The largest absolute Gasteiger partial charge is 0.374 e. The minimum absolute atomic E-state index is 0.0281. The van der Waals surface area contributed by atoms with Crippen molar-refractivity contribution in [3.8, 4) is 23.7 Å². The summed E-state index contributed by atoms with van der Waals surface area (Å²) in [6, 6.07) is 0. The second-order valence-corrected chi connectivity index (χ2v) is 4.97. The van der Waals surface area contributed by atoms with Crippen molar-refractivity contribution in [3.63, 3.8) is 0 Å². The van der Waals surface area contributed by atoms with Crippen molar-refractivity contribution in [3.05, 3.63) is 12.2 Å². The third kappa shape index (κ3) is 4.73. The summed E-state index contributed by atoms with van der Waals surface area (Å²) in [5, 5.41) is 9.97. The van der Waals surface area contributed by atoms with Crippen LogP contribution in [0.4, 0.5) is 0 Å². The summed E-state index contributed by atoms with van der Waals surface area (Å²) in [4.78, 5) is 0. The van der Waals surface area contributed by atoms with Crippen molar-refractivity contribution in [2.24, 2.45) is 5.41 Å². The van der Waals surface area contributed by atoms with Crippen LogP contribution < -0.4 is 0 Å². The van der Waals surface area contributed by atoms with Gasteiger partial charge >= 0.3 is 0 Å². The fraction of sp³-hybridized carbons (Fsp3) is 0.571. The van der Waals surface area contributed by atoms with Gasteiger partial charge in [-0.1, -0.05) is 12.0 Å². The van der Waals surface area contributed by atoms with E-state index in [2.05, 4.69) is 23.7 Å². The Morgan fingerprint density at radius 1 is 1.27 bits per heavy atom. The first-order valence-corrected chi connectivity index (χ1v) is 5.36. The van der Waals surface area contributed by atoms with Crippen LogP contribution in [0.5, 0.6) is 0 Å². The molecule has 1 rings (SSSR count). The van der Waals surface area contributed by atoms with Gasteiger partial charge in [-0.15, -0.1) is 0 Å². The average Bonchev–Trinajstić information content (AvgIpc) is 2.12. The molecule has 0 heterocycles. The minimum Gasteiger partial charge on any atom is -0.374 e. The lowest BCUT2D eigenvalue weighted by Gasteiger charge is -2.20. The zero-order valence-electron chi connectivity index (χ0n) is 9.72. The van der Waals surface area contributed by atoms with E-state index in [1.807, 2.05) is 26.8 Å². The maximum Gasteiger partial charge on any atom is 0.145 e. The molecule has 1 aliphatic rings. The van der Waals surface area contributed by atoms with Gasteiger partial charge in [0.1, 0.15) is 5.60 Å². The normalized spacial score (nSPS) is 24.8. The Balaban J connectivity index is 2.68. The molecule has 0 aromatic carbocycles. The molecule has 0 fully saturated rings. The van der Waals surface area contributed by atoms with Crippen LogP contribution in [-0.4, -0.2) is 10.7 Å². The Hall–Kier alpha value is -1.18. The fourth-order valence-corrected chi connectivity index (χ4v) is 1.31. The Kier molecular flexibility index (Phi) is 3.61. The molecular formula is C14H18O. The van der Waals surface area contributed by atoms with Crippen LogP contribution in [0.15, 0.2) is 12.2 Å². The van der Waals surface area contributed by atoms with Crippen molar-refractivity contribution < 1.29 is 5.11 Å². The second-order valence-electron chi connectivity index (χ2n) is 4.97. The molecule has 80 valence electrons. The standard InChI is InChI=1S/C14H18O/c1-13(2,3)9-7-8-12-14(15)10-5-4-6-11-14/h5,10,15H,4,6,11H2,1-3H3. The van der Waals surface area contributed by atoms with E-state index in [9.17, 15) is 5.11 Å². The smallest absolute Gasteiger partial charge is 0.145 e. The van der Waals surface area contributed by atoms with E-state index >= 15 is 0 Å². The average molecular weight is 202 g/mol. The van der Waals surface area contributed by atoms with Gasteiger partial charge in [0.25, 0.3) is 0 Å².